The van der Waals surface area contributed by atoms with Crippen molar-refractivity contribution in [3.05, 3.63) is 11.8 Å². The van der Waals surface area contributed by atoms with Gasteiger partial charge >= 0.3 is 6.18 Å². The van der Waals surface area contributed by atoms with Crippen molar-refractivity contribution in [2.24, 2.45) is 5.84 Å². The van der Waals surface area contributed by atoms with Crippen LogP contribution in [-0.4, -0.2) is 16.0 Å². The Morgan fingerprint density at radius 2 is 1.89 bits per heavy atom. The van der Waals surface area contributed by atoms with Crippen LogP contribution in [0, 0.1) is 0 Å². The summed E-state index contributed by atoms with van der Waals surface area (Å²) < 4.78 is 37.8. The second kappa shape index (κ2) is 4.97. The number of rotatable bonds is 3. The number of nitrogen functional groups attached to an aromatic ring is 1. The van der Waals surface area contributed by atoms with Gasteiger partial charge in [-0.3, -0.25) is 5.43 Å². The topological polar surface area (TPSA) is 75.9 Å². The normalized spacial score (nSPS) is 16.9. The second-order valence-electron chi connectivity index (χ2n) is 4.23. The van der Waals surface area contributed by atoms with Crippen LogP contribution in [0.4, 0.5) is 24.9 Å². The van der Waals surface area contributed by atoms with Crippen molar-refractivity contribution in [2.75, 3.05) is 10.7 Å². The number of hydrogen-bond acceptors (Lipinski definition) is 5. The maximum atomic E-state index is 12.6. The van der Waals surface area contributed by atoms with E-state index in [-0.39, 0.29) is 17.8 Å². The number of nitrogens with one attached hydrogen (secondary N) is 2. The predicted molar refractivity (Wildman–Crippen MR) is 60.7 cm³/mol. The van der Waals surface area contributed by atoms with E-state index < -0.39 is 11.9 Å². The third kappa shape index (κ3) is 3.00. The Morgan fingerprint density at radius 1 is 1.22 bits per heavy atom. The highest BCUT2D eigenvalue weighted by atomic mass is 19.4. The van der Waals surface area contributed by atoms with Crippen molar-refractivity contribution in [1.29, 1.82) is 0 Å². The van der Waals surface area contributed by atoms with E-state index in [4.69, 9.17) is 5.84 Å². The zero-order valence-electron chi connectivity index (χ0n) is 9.59. The van der Waals surface area contributed by atoms with Gasteiger partial charge in [-0.25, -0.2) is 10.8 Å². The maximum Gasteiger partial charge on any atom is 0.433 e. The Hall–Kier alpha value is -1.57. The highest BCUT2D eigenvalue weighted by Crippen LogP contribution is 2.30. The molecule has 1 aromatic rings. The summed E-state index contributed by atoms with van der Waals surface area (Å²) in [6.45, 7) is 0. The molecule has 0 aromatic carbocycles. The van der Waals surface area contributed by atoms with E-state index in [9.17, 15) is 13.2 Å². The summed E-state index contributed by atoms with van der Waals surface area (Å²) in [7, 11) is 0. The van der Waals surface area contributed by atoms with Gasteiger partial charge in [0.2, 0.25) is 5.95 Å². The van der Waals surface area contributed by atoms with Crippen molar-refractivity contribution in [1.82, 2.24) is 9.97 Å². The maximum absolute atomic E-state index is 12.6. The number of hydrazine groups is 1. The zero-order valence-corrected chi connectivity index (χ0v) is 9.59. The summed E-state index contributed by atoms with van der Waals surface area (Å²) in [5, 5.41) is 2.98. The summed E-state index contributed by atoms with van der Waals surface area (Å²) in [4.78, 5) is 7.16. The minimum atomic E-state index is -4.51. The third-order valence-corrected chi connectivity index (χ3v) is 2.85. The zero-order chi connectivity index (χ0) is 13.2. The number of halogens is 3. The standard InChI is InChI=1S/C10H14F3N5/c11-10(12,13)7-5-8(17-9(16-7)18-14)15-6-3-1-2-4-6/h5-6H,1-4,14H2,(H2,15,16,17,18). The van der Waals surface area contributed by atoms with Gasteiger partial charge in [-0.05, 0) is 12.8 Å². The van der Waals surface area contributed by atoms with E-state index in [1.54, 1.807) is 0 Å². The van der Waals surface area contributed by atoms with Crippen molar-refractivity contribution in [3.8, 4) is 0 Å². The first-order valence-electron chi connectivity index (χ1n) is 5.68. The number of aromatic nitrogens is 2. The van der Waals surface area contributed by atoms with Crippen LogP contribution in [0.25, 0.3) is 0 Å². The number of alkyl halides is 3. The first-order chi connectivity index (χ1) is 8.49. The monoisotopic (exact) mass is 261 g/mol. The molecule has 1 heterocycles. The van der Waals surface area contributed by atoms with Crippen LogP contribution in [0.15, 0.2) is 6.07 Å². The molecule has 0 atom stereocenters. The van der Waals surface area contributed by atoms with Gasteiger partial charge in [0, 0.05) is 12.1 Å². The Balaban J connectivity index is 2.23. The fraction of sp³-hybridized carbons (Fsp3) is 0.600. The third-order valence-electron chi connectivity index (χ3n) is 2.85. The van der Waals surface area contributed by atoms with Crippen LogP contribution < -0.4 is 16.6 Å². The molecule has 0 aliphatic heterocycles. The molecular formula is C10H14F3N5. The van der Waals surface area contributed by atoms with Crippen molar-refractivity contribution in [2.45, 2.75) is 37.9 Å². The van der Waals surface area contributed by atoms with Gasteiger partial charge in [0.05, 0.1) is 0 Å². The number of anilines is 2. The largest absolute Gasteiger partial charge is 0.433 e. The summed E-state index contributed by atoms with van der Waals surface area (Å²) in [5.74, 6) is 4.97. The van der Waals surface area contributed by atoms with Gasteiger partial charge in [-0.15, -0.1) is 0 Å². The molecular weight excluding hydrogens is 247 g/mol. The van der Waals surface area contributed by atoms with Crippen LogP contribution in [-0.2, 0) is 6.18 Å². The van der Waals surface area contributed by atoms with Gasteiger partial charge in [-0.2, -0.15) is 18.2 Å². The molecule has 0 saturated heterocycles. The fourth-order valence-electron chi connectivity index (χ4n) is 2.01. The minimum Gasteiger partial charge on any atom is -0.367 e. The lowest BCUT2D eigenvalue weighted by Gasteiger charge is -2.15. The summed E-state index contributed by atoms with van der Waals surface area (Å²) in [6, 6.07) is 1.07. The quantitative estimate of drug-likeness (QED) is 0.574. The number of nitrogens with two attached hydrogens (primary N) is 1. The molecule has 2 rings (SSSR count). The first-order valence-corrected chi connectivity index (χ1v) is 5.68. The lowest BCUT2D eigenvalue weighted by Crippen LogP contribution is -2.20. The minimum absolute atomic E-state index is 0.150. The van der Waals surface area contributed by atoms with E-state index in [1.807, 2.05) is 5.43 Å². The molecule has 1 aliphatic carbocycles. The van der Waals surface area contributed by atoms with Crippen LogP contribution in [0.1, 0.15) is 31.4 Å². The van der Waals surface area contributed by atoms with Crippen LogP contribution in [0.3, 0.4) is 0 Å². The Kier molecular flexibility index (Phi) is 3.55. The van der Waals surface area contributed by atoms with Gasteiger partial charge in [0.15, 0.2) is 5.69 Å². The van der Waals surface area contributed by atoms with Gasteiger partial charge in [-0.1, -0.05) is 12.8 Å². The molecule has 4 N–H and O–H groups in total. The molecule has 0 amide bonds. The molecule has 1 aliphatic rings. The van der Waals surface area contributed by atoms with Crippen LogP contribution in [0.5, 0.6) is 0 Å². The molecule has 1 aromatic heterocycles. The Bertz CT molecular complexity index is 414. The van der Waals surface area contributed by atoms with Crippen molar-refractivity contribution >= 4 is 11.8 Å². The SMILES string of the molecule is NNc1nc(NC2CCCC2)cc(C(F)(F)F)n1. The summed E-state index contributed by atoms with van der Waals surface area (Å²) >= 11 is 0. The van der Waals surface area contributed by atoms with E-state index in [0.717, 1.165) is 31.7 Å². The lowest BCUT2D eigenvalue weighted by molar-refractivity contribution is -0.141. The Morgan fingerprint density at radius 3 is 2.44 bits per heavy atom. The summed E-state index contributed by atoms with van der Waals surface area (Å²) in [5.41, 5.74) is 1.03. The first kappa shape index (κ1) is 12.9. The van der Waals surface area contributed by atoms with Crippen molar-refractivity contribution in [3.63, 3.8) is 0 Å². The number of hydrogen-bond donors (Lipinski definition) is 3. The van der Waals surface area contributed by atoms with Gasteiger partial charge in [0.1, 0.15) is 5.82 Å². The molecule has 18 heavy (non-hydrogen) atoms. The predicted octanol–water partition coefficient (Wildman–Crippen LogP) is 2.14. The molecule has 0 radical (unpaired) electrons. The van der Waals surface area contributed by atoms with Gasteiger partial charge < -0.3 is 5.32 Å². The van der Waals surface area contributed by atoms with E-state index in [2.05, 4.69) is 15.3 Å². The molecule has 0 unspecified atom stereocenters. The van der Waals surface area contributed by atoms with E-state index in [1.165, 1.54) is 0 Å². The molecule has 1 saturated carbocycles. The number of nitrogens with zero attached hydrogens (tertiary/aromatic N) is 2. The highest BCUT2D eigenvalue weighted by Gasteiger charge is 2.34. The summed E-state index contributed by atoms with van der Waals surface area (Å²) in [6.07, 6.45) is -0.470. The lowest BCUT2D eigenvalue weighted by atomic mass is 10.2. The molecule has 5 nitrogen and oxygen atoms in total. The Labute approximate surface area is 102 Å². The molecule has 1 fully saturated rings. The fourth-order valence-corrected chi connectivity index (χ4v) is 2.01. The average Bonchev–Trinajstić information content (AvgIpc) is 2.80. The van der Waals surface area contributed by atoms with Crippen LogP contribution in [0.2, 0.25) is 0 Å². The average molecular weight is 261 g/mol. The molecule has 100 valence electrons. The highest BCUT2D eigenvalue weighted by molar-refractivity contribution is 5.43. The smallest absolute Gasteiger partial charge is 0.367 e. The molecule has 0 spiro atoms. The van der Waals surface area contributed by atoms with Gasteiger partial charge in [0.25, 0.3) is 0 Å². The molecule has 8 heteroatoms. The molecule has 0 bridgehead atoms. The van der Waals surface area contributed by atoms with E-state index in [0.29, 0.717) is 0 Å². The second-order valence-corrected chi connectivity index (χ2v) is 4.23. The van der Waals surface area contributed by atoms with Crippen LogP contribution >= 0.6 is 0 Å². The van der Waals surface area contributed by atoms with Crippen molar-refractivity contribution < 1.29 is 13.2 Å². The van der Waals surface area contributed by atoms with E-state index >= 15 is 0 Å².